The zero-order valence-corrected chi connectivity index (χ0v) is 10.9. The predicted molar refractivity (Wildman–Crippen MR) is 64.8 cm³/mol. The van der Waals surface area contributed by atoms with Gasteiger partial charge in [-0.15, -0.1) is 0 Å². The highest BCUT2D eigenvalue weighted by Gasteiger charge is 2.33. The predicted octanol–water partition coefficient (Wildman–Crippen LogP) is 1.13. The van der Waals surface area contributed by atoms with Gasteiger partial charge in [-0.3, -0.25) is 9.08 Å². The Morgan fingerprint density at radius 1 is 1.42 bits per heavy atom. The van der Waals surface area contributed by atoms with Gasteiger partial charge < -0.3 is 4.74 Å². The molecule has 1 aromatic carbocycles. The first-order valence-electron chi connectivity index (χ1n) is 5.43. The molecule has 0 saturated carbocycles. The molecule has 19 heavy (non-hydrogen) atoms. The van der Waals surface area contributed by atoms with E-state index in [0.717, 1.165) is 6.26 Å². The third-order valence-corrected chi connectivity index (χ3v) is 3.04. The molecule has 0 unspecified atom stereocenters. The molecule has 0 aromatic heterocycles. The summed E-state index contributed by atoms with van der Waals surface area (Å²) in [5, 5.41) is 0. The number of hydrogen-bond acceptors (Lipinski definition) is 5. The Morgan fingerprint density at radius 3 is 2.63 bits per heavy atom. The van der Waals surface area contributed by atoms with E-state index in [1.165, 1.54) is 29.2 Å². The van der Waals surface area contributed by atoms with E-state index in [4.69, 9.17) is 4.74 Å². The Balaban J connectivity index is 2.01. The fourth-order valence-electron chi connectivity index (χ4n) is 1.64. The monoisotopic (exact) mass is 289 g/mol. The van der Waals surface area contributed by atoms with Crippen molar-refractivity contribution >= 4 is 21.9 Å². The van der Waals surface area contributed by atoms with Gasteiger partial charge in [0.15, 0.2) is 0 Å². The van der Waals surface area contributed by atoms with E-state index in [-0.39, 0.29) is 13.2 Å². The summed E-state index contributed by atoms with van der Waals surface area (Å²) in [6.07, 6.45) is -0.373. The molecule has 8 heteroatoms. The van der Waals surface area contributed by atoms with Crippen LogP contribution in [0.4, 0.5) is 14.9 Å². The van der Waals surface area contributed by atoms with Gasteiger partial charge in [-0.05, 0) is 24.3 Å². The van der Waals surface area contributed by atoms with Crippen LogP contribution in [0.1, 0.15) is 0 Å². The summed E-state index contributed by atoms with van der Waals surface area (Å²) < 4.78 is 44.0. The normalized spacial score (nSPS) is 19.6. The molecule has 1 heterocycles. The van der Waals surface area contributed by atoms with Gasteiger partial charge in [0.2, 0.25) is 0 Å². The number of anilines is 1. The van der Waals surface area contributed by atoms with E-state index in [9.17, 15) is 17.6 Å². The van der Waals surface area contributed by atoms with E-state index in [2.05, 4.69) is 4.18 Å². The van der Waals surface area contributed by atoms with Crippen molar-refractivity contribution in [1.82, 2.24) is 0 Å². The van der Waals surface area contributed by atoms with Crippen molar-refractivity contribution in [2.24, 2.45) is 0 Å². The fourth-order valence-corrected chi connectivity index (χ4v) is 2.04. The molecule has 0 N–H and O–H groups in total. The van der Waals surface area contributed by atoms with E-state index >= 15 is 0 Å². The van der Waals surface area contributed by atoms with Gasteiger partial charge >= 0.3 is 6.09 Å². The highest BCUT2D eigenvalue weighted by molar-refractivity contribution is 7.85. The second-order valence-corrected chi connectivity index (χ2v) is 5.73. The highest BCUT2D eigenvalue weighted by atomic mass is 32.2. The lowest BCUT2D eigenvalue weighted by atomic mass is 10.3. The highest BCUT2D eigenvalue weighted by Crippen LogP contribution is 2.22. The number of rotatable bonds is 4. The Kier molecular flexibility index (Phi) is 3.72. The molecule has 1 aliphatic rings. The molecule has 1 atom stereocenters. The fraction of sp³-hybridized carbons (Fsp3) is 0.364. The minimum absolute atomic E-state index is 0.153. The number of ether oxygens (including phenoxy) is 1. The molecule has 1 saturated heterocycles. The van der Waals surface area contributed by atoms with Crippen LogP contribution in [0.2, 0.25) is 0 Å². The van der Waals surface area contributed by atoms with E-state index < -0.39 is 28.1 Å². The van der Waals surface area contributed by atoms with Crippen LogP contribution in [-0.2, 0) is 19.0 Å². The molecule has 0 spiro atoms. The first-order chi connectivity index (χ1) is 8.85. The Hall–Kier alpha value is -1.67. The maximum atomic E-state index is 12.8. The Labute approximate surface area is 109 Å². The van der Waals surface area contributed by atoms with Crippen molar-refractivity contribution in [1.29, 1.82) is 0 Å². The zero-order chi connectivity index (χ0) is 14.0. The lowest BCUT2D eigenvalue weighted by Gasteiger charge is -2.12. The number of halogens is 1. The molecule has 1 amide bonds. The lowest BCUT2D eigenvalue weighted by Crippen LogP contribution is -2.26. The molecule has 6 nitrogen and oxygen atoms in total. The van der Waals surface area contributed by atoms with Crippen LogP contribution in [0.15, 0.2) is 24.3 Å². The topological polar surface area (TPSA) is 72.9 Å². The van der Waals surface area contributed by atoms with Crippen LogP contribution in [0, 0.1) is 5.82 Å². The van der Waals surface area contributed by atoms with E-state index in [1.54, 1.807) is 0 Å². The average molecular weight is 289 g/mol. The molecule has 1 aliphatic heterocycles. The average Bonchev–Trinajstić information content (AvgIpc) is 2.68. The Bertz CT molecular complexity index is 571. The quantitative estimate of drug-likeness (QED) is 0.777. The van der Waals surface area contributed by atoms with Crippen LogP contribution in [0.25, 0.3) is 0 Å². The molecule has 1 aromatic rings. The third-order valence-electron chi connectivity index (χ3n) is 2.48. The minimum atomic E-state index is -3.58. The zero-order valence-electron chi connectivity index (χ0n) is 10.1. The van der Waals surface area contributed by atoms with Gasteiger partial charge in [-0.1, -0.05) is 0 Å². The smallest absolute Gasteiger partial charge is 0.414 e. The number of hydrogen-bond donors (Lipinski definition) is 0. The molecule has 0 aliphatic carbocycles. The van der Waals surface area contributed by atoms with Crippen molar-refractivity contribution in [3.8, 4) is 0 Å². The van der Waals surface area contributed by atoms with E-state index in [1.807, 2.05) is 0 Å². The van der Waals surface area contributed by atoms with Crippen molar-refractivity contribution in [3.63, 3.8) is 0 Å². The number of cyclic esters (lactones) is 1. The minimum Gasteiger partial charge on any atom is -0.441 e. The molecule has 0 bridgehead atoms. The van der Waals surface area contributed by atoms with Crippen molar-refractivity contribution < 1.29 is 26.5 Å². The SMILES string of the molecule is CS(=O)(=O)OC[C@H]1CN(c2ccc(F)cc2)C(=O)O1. The third kappa shape index (κ3) is 3.65. The maximum absolute atomic E-state index is 12.8. The number of carbonyl (C=O) groups is 1. The molecular weight excluding hydrogens is 277 g/mol. The molecule has 104 valence electrons. The van der Waals surface area contributed by atoms with Crippen LogP contribution in [-0.4, -0.2) is 40.0 Å². The molecular formula is C11H12FNO5S. The van der Waals surface area contributed by atoms with Crippen LogP contribution in [0.5, 0.6) is 0 Å². The van der Waals surface area contributed by atoms with Crippen molar-refractivity contribution in [3.05, 3.63) is 30.1 Å². The number of carbonyl (C=O) groups excluding carboxylic acids is 1. The Morgan fingerprint density at radius 2 is 2.05 bits per heavy atom. The molecule has 1 fully saturated rings. The largest absolute Gasteiger partial charge is 0.441 e. The summed E-state index contributed by atoms with van der Waals surface area (Å²) in [6.45, 7) is -0.0811. The summed E-state index contributed by atoms with van der Waals surface area (Å²) in [4.78, 5) is 12.9. The maximum Gasteiger partial charge on any atom is 0.414 e. The summed E-state index contributed by atoms with van der Waals surface area (Å²) in [7, 11) is -3.58. The summed E-state index contributed by atoms with van der Waals surface area (Å²) in [5.74, 6) is -0.409. The summed E-state index contributed by atoms with van der Waals surface area (Å²) >= 11 is 0. The van der Waals surface area contributed by atoms with Crippen LogP contribution >= 0.6 is 0 Å². The van der Waals surface area contributed by atoms with Crippen LogP contribution in [0.3, 0.4) is 0 Å². The van der Waals surface area contributed by atoms with Gasteiger partial charge in [-0.2, -0.15) is 8.42 Å². The number of amides is 1. The lowest BCUT2D eigenvalue weighted by molar-refractivity contribution is 0.107. The number of nitrogens with zero attached hydrogens (tertiary/aromatic N) is 1. The first-order valence-corrected chi connectivity index (χ1v) is 7.25. The van der Waals surface area contributed by atoms with Crippen LogP contribution < -0.4 is 4.90 Å². The van der Waals surface area contributed by atoms with Gasteiger partial charge in [0, 0.05) is 5.69 Å². The van der Waals surface area contributed by atoms with E-state index in [0.29, 0.717) is 5.69 Å². The second kappa shape index (κ2) is 5.14. The molecule has 2 rings (SSSR count). The van der Waals surface area contributed by atoms with Gasteiger partial charge in [0.05, 0.1) is 12.8 Å². The standard InChI is InChI=1S/C11H12FNO5S/c1-19(15,16)17-7-10-6-13(11(14)18-10)9-4-2-8(12)3-5-9/h2-5,10H,6-7H2,1H3/t10-/m1/s1. The van der Waals surface area contributed by atoms with Gasteiger partial charge in [0.25, 0.3) is 10.1 Å². The molecule has 0 radical (unpaired) electrons. The van der Waals surface area contributed by atoms with Gasteiger partial charge in [-0.25, -0.2) is 9.18 Å². The second-order valence-electron chi connectivity index (χ2n) is 4.08. The van der Waals surface area contributed by atoms with Crippen molar-refractivity contribution in [2.75, 3.05) is 24.3 Å². The van der Waals surface area contributed by atoms with Crippen molar-refractivity contribution in [2.45, 2.75) is 6.10 Å². The summed E-state index contributed by atoms with van der Waals surface area (Å²) in [6, 6.07) is 5.33. The number of benzene rings is 1. The first kappa shape index (κ1) is 13.8. The summed E-state index contributed by atoms with van der Waals surface area (Å²) in [5.41, 5.74) is 0.480. The van der Waals surface area contributed by atoms with Gasteiger partial charge in [0.1, 0.15) is 18.5 Å².